The zero-order valence-corrected chi connectivity index (χ0v) is 18.5. The Balaban J connectivity index is 1.68. The topological polar surface area (TPSA) is 98.2 Å². The zero-order chi connectivity index (χ0) is 25.7. The number of aromatic nitrogens is 4. The average molecular weight is 498 g/mol. The van der Waals surface area contributed by atoms with Crippen LogP contribution < -0.4 is 10.2 Å². The number of nitrogens with one attached hydrogen (secondary N) is 1. The zero-order valence-electron chi connectivity index (χ0n) is 18.5. The highest BCUT2D eigenvalue weighted by molar-refractivity contribution is 6.06. The molecule has 4 aromatic rings. The summed E-state index contributed by atoms with van der Waals surface area (Å²) in [7, 11) is 0. The third-order valence-corrected chi connectivity index (χ3v) is 4.81. The number of ether oxygens (including phenoxy) is 1. The van der Waals surface area contributed by atoms with Gasteiger partial charge < -0.3 is 10.1 Å². The van der Waals surface area contributed by atoms with E-state index in [0.29, 0.717) is 5.69 Å². The predicted molar refractivity (Wildman–Crippen MR) is 125 cm³/mol. The van der Waals surface area contributed by atoms with Crippen LogP contribution in [0.5, 0.6) is 5.88 Å². The summed E-state index contributed by atoms with van der Waals surface area (Å²) < 4.78 is 59.5. The van der Waals surface area contributed by atoms with Gasteiger partial charge in [-0.05, 0) is 24.3 Å². The number of aliphatic imine (C=N–C) groups is 1. The van der Waals surface area contributed by atoms with Gasteiger partial charge in [0.05, 0.1) is 23.3 Å². The first-order valence-corrected chi connectivity index (χ1v) is 10.5. The van der Waals surface area contributed by atoms with Crippen LogP contribution in [0.1, 0.15) is 12.1 Å². The summed E-state index contributed by atoms with van der Waals surface area (Å²) >= 11 is 0. The van der Waals surface area contributed by atoms with Gasteiger partial charge in [0.1, 0.15) is 5.69 Å². The van der Waals surface area contributed by atoms with Crippen LogP contribution in [-0.4, -0.2) is 44.3 Å². The van der Waals surface area contributed by atoms with Gasteiger partial charge in [-0.25, -0.2) is 13.8 Å². The molecule has 0 atom stereocenters. The molecule has 36 heavy (non-hydrogen) atoms. The van der Waals surface area contributed by atoms with E-state index in [4.69, 9.17) is 10.1 Å². The van der Waals surface area contributed by atoms with Crippen LogP contribution in [0.3, 0.4) is 0 Å². The van der Waals surface area contributed by atoms with E-state index in [1.54, 1.807) is 24.3 Å². The molecule has 0 amide bonds. The number of nitrogens with zero attached hydrogens (tertiary/aromatic N) is 5. The molecule has 0 radical (unpaired) electrons. The van der Waals surface area contributed by atoms with Gasteiger partial charge in [-0.1, -0.05) is 18.2 Å². The number of benzene rings is 2. The standard InChI is InChI=1S/C24H18F4N6O2/c25-18-14-17(34-22(9-12-30-34)36-15-24(26,27)28)6-7-20(18)33-13-10-21(35)23(32-33)19(8-11-29)31-16-4-2-1-3-5-16/h1-7,9-14,29H,8,15H2. The summed E-state index contributed by atoms with van der Waals surface area (Å²) in [5.74, 6) is -0.989. The maximum atomic E-state index is 15.1. The number of alkyl halides is 3. The number of para-hydroxylation sites is 1. The second-order valence-electron chi connectivity index (χ2n) is 7.40. The van der Waals surface area contributed by atoms with Gasteiger partial charge >= 0.3 is 6.18 Å². The van der Waals surface area contributed by atoms with E-state index in [1.807, 2.05) is 6.07 Å². The van der Waals surface area contributed by atoms with E-state index >= 15 is 4.39 Å². The van der Waals surface area contributed by atoms with Crippen LogP contribution in [0, 0.1) is 11.2 Å². The molecule has 0 spiro atoms. The maximum absolute atomic E-state index is 15.1. The van der Waals surface area contributed by atoms with Gasteiger partial charge in [0.25, 0.3) is 0 Å². The Morgan fingerprint density at radius 1 is 1.11 bits per heavy atom. The SMILES string of the molecule is N=CCC(=Nc1ccccc1)c1nn(-c2ccc(-n3nccc3OCC(F)(F)F)cc2F)ccc1=O. The highest BCUT2D eigenvalue weighted by Crippen LogP contribution is 2.23. The lowest BCUT2D eigenvalue weighted by molar-refractivity contribution is -0.154. The minimum Gasteiger partial charge on any atom is -0.468 e. The summed E-state index contributed by atoms with van der Waals surface area (Å²) in [5, 5.41) is 15.6. The minimum atomic E-state index is -4.54. The van der Waals surface area contributed by atoms with Gasteiger partial charge in [0.2, 0.25) is 11.3 Å². The number of hydrogen-bond donors (Lipinski definition) is 1. The van der Waals surface area contributed by atoms with Crippen molar-refractivity contribution >= 4 is 17.6 Å². The van der Waals surface area contributed by atoms with Crippen LogP contribution in [-0.2, 0) is 0 Å². The van der Waals surface area contributed by atoms with Crippen molar-refractivity contribution in [2.45, 2.75) is 12.6 Å². The number of halogens is 4. The maximum Gasteiger partial charge on any atom is 0.422 e. The molecule has 0 aliphatic carbocycles. The molecule has 0 saturated carbocycles. The quantitative estimate of drug-likeness (QED) is 0.282. The normalized spacial score (nSPS) is 11.9. The Bertz CT molecular complexity index is 1460. The Morgan fingerprint density at radius 2 is 1.89 bits per heavy atom. The Kier molecular flexibility index (Phi) is 7.04. The molecule has 184 valence electrons. The lowest BCUT2D eigenvalue weighted by atomic mass is 10.2. The fourth-order valence-electron chi connectivity index (χ4n) is 3.26. The van der Waals surface area contributed by atoms with Crippen molar-refractivity contribution < 1.29 is 22.3 Å². The smallest absolute Gasteiger partial charge is 0.422 e. The molecule has 2 aromatic carbocycles. The minimum absolute atomic E-state index is 0.0289. The molecule has 0 saturated heterocycles. The first-order chi connectivity index (χ1) is 17.2. The van der Waals surface area contributed by atoms with Crippen LogP contribution in [0.2, 0.25) is 0 Å². The van der Waals surface area contributed by atoms with Crippen molar-refractivity contribution in [3.8, 4) is 17.3 Å². The molecule has 2 aromatic heterocycles. The summed E-state index contributed by atoms with van der Waals surface area (Å²) in [6.45, 7) is -1.52. The van der Waals surface area contributed by atoms with Crippen molar-refractivity contribution in [1.29, 1.82) is 5.41 Å². The largest absolute Gasteiger partial charge is 0.468 e. The highest BCUT2D eigenvalue weighted by Gasteiger charge is 2.29. The Morgan fingerprint density at radius 3 is 2.58 bits per heavy atom. The Hall–Kier alpha value is -4.61. The fourth-order valence-corrected chi connectivity index (χ4v) is 3.26. The van der Waals surface area contributed by atoms with Crippen molar-refractivity contribution in [2.75, 3.05) is 6.61 Å². The molecule has 1 N–H and O–H groups in total. The van der Waals surface area contributed by atoms with Crippen molar-refractivity contribution in [3.05, 3.63) is 94.8 Å². The molecular formula is C24H18F4N6O2. The molecule has 0 fully saturated rings. The second-order valence-corrected chi connectivity index (χ2v) is 7.40. The lowest BCUT2D eigenvalue weighted by Gasteiger charge is -2.13. The summed E-state index contributed by atoms with van der Waals surface area (Å²) in [4.78, 5) is 17.0. The number of hydrogen-bond acceptors (Lipinski definition) is 6. The summed E-state index contributed by atoms with van der Waals surface area (Å²) in [5.41, 5.74) is 0.375. The predicted octanol–water partition coefficient (Wildman–Crippen LogP) is 4.66. The van der Waals surface area contributed by atoms with E-state index < -0.39 is 24.0 Å². The summed E-state index contributed by atoms with van der Waals surface area (Å²) in [6.07, 6.45) is -0.927. The monoisotopic (exact) mass is 498 g/mol. The fraction of sp³-hybridized carbons (Fsp3) is 0.125. The molecule has 0 bridgehead atoms. The third-order valence-electron chi connectivity index (χ3n) is 4.81. The number of rotatable bonds is 8. The highest BCUT2D eigenvalue weighted by atomic mass is 19.4. The first-order valence-electron chi connectivity index (χ1n) is 10.5. The van der Waals surface area contributed by atoms with E-state index in [-0.39, 0.29) is 35.1 Å². The molecule has 0 aliphatic rings. The molecular weight excluding hydrogens is 480 g/mol. The van der Waals surface area contributed by atoms with Crippen molar-refractivity contribution in [1.82, 2.24) is 19.6 Å². The van der Waals surface area contributed by atoms with Gasteiger partial charge in [-0.15, -0.1) is 0 Å². The van der Waals surface area contributed by atoms with Gasteiger partial charge in [-0.3, -0.25) is 9.79 Å². The molecule has 8 nitrogen and oxygen atoms in total. The average Bonchev–Trinajstić information content (AvgIpc) is 3.32. The van der Waals surface area contributed by atoms with E-state index in [1.165, 1.54) is 36.7 Å². The van der Waals surface area contributed by atoms with Crippen LogP contribution in [0.25, 0.3) is 11.4 Å². The molecule has 0 unspecified atom stereocenters. The van der Waals surface area contributed by atoms with E-state index in [9.17, 15) is 18.0 Å². The van der Waals surface area contributed by atoms with E-state index in [0.717, 1.165) is 21.6 Å². The Labute approximate surface area is 201 Å². The van der Waals surface area contributed by atoms with Crippen molar-refractivity contribution in [2.24, 2.45) is 4.99 Å². The first kappa shape index (κ1) is 24.5. The van der Waals surface area contributed by atoms with Gasteiger partial charge in [0, 0.05) is 37.0 Å². The van der Waals surface area contributed by atoms with Crippen molar-refractivity contribution in [3.63, 3.8) is 0 Å². The van der Waals surface area contributed by atoms with Gasteiger partial charge in [-0.2, -0.15) is 23.4 Å². The van der Waals surface area contributed by atoms with Gasteiger partial charge in [0.15, 0.2) is 18.1 Å². The molecule has 12 heteroatoms. The third kappa shape index (κ3) is 5.71. The van der Waals surface area contributed by atoms with Crippen LogP contribution in [0.15, 0.2) is 82.8 Å². The van der Waals surface area contributed by atoms with Crippen LogP contribution >= 0.6 is 0 Å². The molecule has 4 rings (SSSR count). The molecule has 0 aliphatic heterocycles. The van der Waals surface area contributed by atoms with Crippen LogP contribution in [0.4, 0.5) is 23.2 Å². The lowest BCUT2D eigenvalue weighted by Crippen LogP contribution is -2.22. The second kappa shape index (κ2) is 10.3. The summed E-state index contributed by atoms with van der Waals surface area (Å²) in [6, 6.07) is 15.1. The molecule has 2 heterocycles. The van der Waals surface area contributed by atoms with E-state index in [2.05, 4.69) is 15.2 Å².